The van der Waals surface area contributed by atoms with Gasteiger partial charge in [0.15, 0.2) is 0 Å². The molecule has 0 aromatic heterocycles. The predicted octanol–water partition coefficient (Wildman–Crippen LogP) is 2.27. The zero-order valence-electron chi connectivity index (χ0n) is 11.4. The molecule has 0 unspecified atom stereocenters. The number of anilines is 1. The summed E-state index contributed by atoms with van der Waals surface area (Å²) in [7, 11) is 0. The van der Waals surface area contributed by atoms with Crippen LogP contribution in [0.25, 0.3) is 0 Å². The van der Waals surface area contributed by atoms with Gasteiger partial charge in [0.1, 0.15) is 0 Å². The number of hydrogen-bond donors (Lipinski definition) is 0. The van der Waals surface area contributed by atoms with Crippen LogP contribution < -0.4 is 4.90 Å². The second-order valence-corrected chi connectivity index (χ2v) is 5.98. The van der Waals surface area contributed by atoms with Crippen LogP contribution in [0.1, 0.15) is 13.3 Å². The Bertz CT molecular complexity index is 578. The second-order valence-electron chi connectivity index (χ2n) is 4.36. The van der Waals surface area contributed by atoms with Gasteiger partial charge in [-0.15, -0.1) is 11.8 Å². The second kappa shape index (κ2) is 6.95. The van der Waals surface area contributed by atoms with Gasteiger partial charge in [-0.3, -0.25) is 14.4 Å². The molecule has 1 aromatic carbocycles. The molecule has 0 N–H and O–H groups in total. The van der Waals surface area contributed by atoms with Crippen molar-refractivity contribution in [2.24, 2.45) is 0 Å². The van der Waals surface area contributed by atoms with Gasteiger partial charge in [-0.25, -0.2) is 4.90 Å². The van der Waals surface area contributed by atoms with Crippen molar-refractivity contribution in [3.05, 3.63) is 29.3 Å². The number of amides is 2. The Hall–Kier alpha value is -1.53. The average molecular weight is 328 g/mol. The van der Waals surface area contributed by atoms with Gasteiger partial charge in [0.2, 0.25) is 11.8 Å². The molecular formula is C14H14ClNO4S. The van der Waals surface area contributed by atoms with E-state index in [9.17, 15) is 14.4 Å². The summed E-state index contributed by atoms with van der Waals surface area (Å²) in [6.45, 7) is 2.01. The van der Waals surface area contributed by atoms with E-state index in [0.29, 0.717) is 17.3 Å². The van der Waals surface area contributed by atoms with Gasteiger partial charge >= 0.3 is 5.97 Å². The summed E-state index contributed by atoms with van der Waals surface area (Å²) in [5.74, 6) is -0.940. The number of thioether (sulfide) groups is 1. The minimum absolute atomic E-state index is 0.0565. The maximum absolute atomic E-state index is 12.3. The number of halogens is 1. The van der Waals surface area contributed by atoms with Crippen LogP contribution in [0.5, 0.6) is 0 Å². The largest absolute Gasteiger partial charge is 0.465 e. The van der Waals surface area contributed by atoms with E-state index in [0.717, 1.165) is 16.7 Å². The fourth-order valence-corrected chi connectivity index (χ4v) is 3.11. The molecule has 1 saturated heterocycles. The molecule has 1 atom stereocenters. The molecule has 0 aliphatic carbocycles. The third-order valence-electron chi connectivity index (χ3n) is 2.88. The van der Waals surface area contributed by atoms with E-state index in [1.807, 2.05) is 0 Å². The van der Waals surface area contributed by atoms with E-state index < -0.39 is 5.25 Å². The Morgan fingerprint density at radius 3 is 2.90 bits per heavy atom. The van der Waals surface area contributed by atoms with Gasteiger partial charge in [-0.2, -0.15) is 0 Å². The normalized spacial score (nSPS) is 18.2. The lowest BCUT2D eigenvalue weighted by atomic mass is 10.3. The summed E-state index contributed by atoms with van der Waals surface area (Å²) in [5.41, 5.74) is 0.455. The van der Waals surface area contributed by atoms with Crippen molar-refractivity contribution < 1.29 is 19.1 Å². The molecule has 1 aromatic rings. The number of esters is 1. The summed E-state index contributed by atoms with van der Waals surface area (Å²) < 4.78 is 4.80. The first-order chi connectivity index (χ1) is 10.0. The van der Waals surface area contributed by atoms with Crippen molar-refractivity contribution in [1.82, 2.24) is 0 Å². The number of carbonyl (C=O) groups excluding carboxylic acids is 3. The van der Waals surface area contributed by atoms with Gasteiger partial charge in [0.05, 0.1) is 23.3 Å². The third kappa shape index (κ3) is 3.77. The predicted molar refractivity (Wildman–Crippen MR) is 81.4 cm³/mol. The number of carbonyl (C=O) groups is 3. The zero-order valence-corrected chi connectivity index (χ0v) is 12.9. The average Bonchev–Trinajstić information content (AvgIpc) is 2.71. The van der Waals surface area contributed by atoms with E-state index in [1.54, 1.807) is 31.2 Å². The van der Waals surface area contributed by atoms with Crippen molar-refractivity contribution >= 4 is 46.8 Å². The van der Waals surface area contributed by atoms with Crippen molar-refractivity contribution in [1.29, 1.82) is 0 Å². The highest BCUT2D eigenvalue weighted by Gasteiger charge is 2.40. The van der Waals surface area contributed by atoms with Crippen LogP contribution in [0.15, 0.2) is 24.3 Å². The first-order valence-electron chi connectivity index (χ1n) is 6.42. The fraction of sp³-hybridized carbons (Fsp3) is 0.357. The Morgan fingerprint density at radius 1 is 1.48 bits per heavy atom. The molecule has 1 fully saturated rings. The first kappa shape index (κ1) is 15.9. The van der Waals surface area contributed by atoms with E-state index >= 15 is 0 Å². The highest BCUT2D eigenvalue weighted by molar-refractivity contribution is 8.01. The van der Waals surface area contributed by atoms with Gasteiger partial charge in [-0.1, -0.05) is 17.7 Å². The molecule has 5 nitrogen and oxygen atoms in total. The molecule has 1 aliphatic rings. The minimum atomic E-state index is -0.555. The number of ether oxygens (including phenoxy) is 1. The first-order valence-corrected chi connectivity index (χ1v) is 7.85. The smallest absolute Gasteiger partial charge is 0.315 e. The van der Waals surface area contributed by atoms with Crippen LogP contribution >= 0.6 is 23.4 Å². The van der Waals surface area contributed by atoms with Gasteiger partial charge in [0.25, 0.3) is 0 Å². The van der Waals surface area contributed by atoms with Crippen LogP contribution in [-0.4, -0.2) is 35.4 Å². The van der Waals surface area contributed by atoms with Crippen LogP contribution in [0.4, 0.5) is 5.69 Å². The molecule has 1 heterocycles. The van der Waals surface area contributed by atoms with Gasteiger partial charge in [-0.05, 0) is 25.1 Å². The van der Waals surface area contributed by atoms with Gasteiger partial charge in [0, 0.05) is 11.4 Å². The lowest BCUT2D eigenvalue weighted by Gasteiger charge is -2.15. The highest BCUT2D eigenvalue weighted by Crippen LogP contribution is 2.30. The topological polar surface area (TPSA) is 63.7 Å². The van der Waals surface area contributed by atoms with Crippen LogP contribution in [0, 0.1) is 0 Å². The number of rotatable bonds is 5. The van der Waals surface area contributed by atoms with Crippen LogP contribution in [0.2, 0.25) is 5.02 Å². The minimum Gasteiger partial charge on any atom is -0.465 e. The molecular weight excluding hydrogens is 314 g/mol. The fourth-order valence-electron chi connectivity index (χ4n) is 1.99. The van der Waals surface area contributed by atoms with E-state index in [2.05, 4.69) is 0 Å². The van der Waals surface area contributed by atoms with Crippen molar-refractivity contribution in [3.63, 3.8) is 0 Å². The van der Waals surface area contributed by atoms with Gasteiger partial charge < -0.3 is 4.74 Å². The SMILES string of the molecule is CCOC(=O)CS[C@H]1CC(=O)N(c2cccc(Cl)c2)C1=O. The standard InChI is InChI=1S/C14H14ClNO4S/c1-2-20-13(18)8-21-11-7-12(17)16(14(11)19)10-5-3-4-9(15)6-10/h3-6,11H,2,7-8H2,1H3/t11-/m0/s1. The summed E-state index contributed by atoms with van der Waals surface area (Å²) in [6, 6.07) is 6.57. The monoisotopic (exact) mass is 327 g/mol. The lowest BCUT2D eigenvalue weighted by molar-refractivity contribution is -0.139. The molecule has 0 spiro atoms. The quantitative estimate of drug-likeness (QED) is 0.613. The number of imide groups is 1. The highest BCUT2D eigenvalue weighted by atomic mass is 35.5. The number of benzene rings is 1. The number of nitrogens with zero attached hydrogens (tertiary/aromatic N) is 1. The Labute approximate surface area is 131 Å². The molecule has 0 bridgehead atoms. The molecule has 21 heavy (non-hydrogen) atoms. The summed E-state index contributed by atoms with van der Waals surface area (Å²) in [6.07, 6.45) is 0.0788. The Morgan fingerprint density at radius 2 is 2.24 bits per heavy atom. The van der Waals surface area contributed by atoms with E-state index in [-0.39, 0.29) is 30.0 Å². The summed E-state index contributed by atoms with van der Waals surface area (Å²) >= 11 is 7.00. The van der Waals surface area contributed by atoms with E-state index in [1.165, 1.54) is 0 Å². The van der Waals surface area contributed by atoms with Crippen LogP contribution in [-0.2, 0) is 19.1 Å². The molecule has 2 rings (SSSR count). The van der Waals surface area contributed by atoms with Crippen molar-refractivity contribution in [2.45, 2.75) is 18.6 Å². The molecule has 112 valence electrons. The molecule has 2 amide bonds. The molecule has 0 saturated carbocycles. The Balaban J connectivity index is 2.05. The lowest BCUT2D eigenvalue weighted by Crippen LogP contribution is -2.31. The third-order valence-corrected chi connectivity index (χ3v) is 4.29. The molecule has 0 radical (unpaired) electrons. The molecule has 7 heteroatoms. The van der Waals surface area contributed by atoms with Crippen molar-refractivity contribution in [3.8, 4) is 0 Å². The number of hydrogen-bond acceptors (Lipinski definition) is 5. The maximum atomic E-state index is 12.3. The maximum Gasteiger partial charge on any atom is 0.315 e. The Kier molecular flexibility index (Phi) is 5.25. The summed E-state index contributed by atoms with van der Waals surface area (Å²) in [5, 5.41) is -0.100. The van der Waals surface area contributed by atoms with Crippen LogP contribution in [0.3, 0.4) is 0 Å². The van der Waals surface area contributed by atoms with Crippen molar-refractivity contribution in [2.75, 3.05) is 17.3 Å². The zero-order chi connectivity index (χ0) is 15.4. The summed E-state index contributed by atoms with van der Waals surface area (Å²) in [4.78, 5) is 36.7. The molecule has 1 aliphatic heterocycles. The van der Waals surface area contributed by atoms with E-state index in [4.69, 9.17) is 16.3 Å².